The van der Waals surface area contributed by atoms with Crippen LogP contribution in [0.25, 0.3) is 0 Å². The van der Waals surface area contributed by atoms with Gasteiger partial charge < -0.3 is 10.1 Å². The number of anilines is 1. The maximum Gasteiger partial charge on any atom is 0.343 e. The summed E-state index contributed by atoms with van der Waals surface area (Å²) in [5.74, 6) is -2.33. The average Bonchev–Trinajstić information content (AvgIpc) is 2.78. The summed E-state index contributed by atoms with van der Waals surface area (Å²) in [5.41, 5.74) is 3.89. The van der Waals surface area contributed by atoms with E-state index in [1.54, 1.807) is 49.4 Å². The van der Waals surface area contributed by atoms with Crippen molar-refractivity contribution in [1.82, 2.24) is 5.43 Å². The maximum absolute atomic E-state index is 12.5. The van der Waals surface area contributed by atoms with E-state index in [2.05, 4.69) is 31.8 Å². The normalized spacial score (nSPS) is 10.7. The van der Waals surface area contributed by atoms with Crippen LogP contribution in [0.15, 0.2) is 70.2 Å². The summed E-state index contributed by atoms with van der Waals surface area (Å²) in [4.78, 5) is 36.7. The Labute approximate surface area is 207 Å². The van der Waals surface area contributed by atoms with Crippen molar-refractivity contribution < 1.29 is 19.1 Å². The Bertz CT molecular complexity index is 1260. The van der Waals surface area contributed by atoms with Crippen LogP contribution in [0.1, 0.15) is 21.5 Å². The number of esters is 1. The van der Waals surface area contributed by atoms with Crippen LogP contribution >= 0.6 is 39.1 Å². The maximum atomic E-state index is 12.5. The molecule has 0 saturated heterocycles. The molecule has 0 spiro atoms. The summed E-state index contributed by atoms with van der Waals surface area (Å²) in [6.07, 6.45) is 1.25. The van der Waals surface area contributed by atoms with Gasteiger partial charge in [-0.25, -0.2) is 10.2 Å². The fraction of sp³-hybridized carbons (Fsp3) is 0.0435. The lowest BCUT2D eigenvalue weighted by Crippen LogP contribution is -2.32. The zero-order chi connectivity index (χ0) is 24.0. The second kappa shape index (κ2) is 11.1. The van der Waals surface area contributed by atoms with E-state index < -0.39 is 17.8 Å². The molecule has 33 heavy (non-hydrogen) atoms. The molecule has 0 bridgehead atoms. The Morgan fingerprint density at radius 2 is 1.76 bits per heavy atom. The van der Waals surface area contributed by atoms with Crippen LogP contribution in [0, 0.1) is 6.92 Å². The number of hydrazone groups is 1. The number of ether oxygens (including phenoxy) is 1. The number of halogens is 3. The van der Waals surface area contributed by atoms with E-state index >= 15 is 0 Å². The molecule has 2 N–H and O–H groups in total. The van der Waals surface area contributed by atoms with Crippen molar-refractivity contribution in [3.8, 4) is 5.75 Å². The first-order chi connectivity index (χ1) is 15.7. The van der Waals surface area contributed by atoms with Crippen molar-refractivity contribution in [2.75, 3.05) is 5.32 Å². The second-order valence-electron chi connectivity index (χ2n) is 6.66. The quantitative estimate of drug-likeness (QED) is 0.147. The van der Waals surface area contributed by atoms with Crippen LogP contribution in [0.4, 0.5) is 5.69 Å². The van der Waals surface area contributed by atoms with Gasteiger partial charge in [0.05, 0.1) is 22.5 Å². The average molecular weight is 549 g/mol. The first kappa shape index (κ1) is 24.4. The topological polar surface area (TPSA) is 96.9 Å². The molecule has 0 aliphatic heterocycles. The Morgan fingerprint density at radius 3 is 2.52 bits per heavy atom. The van der Waals surface area contributed by atoms with E-state index in [0.717, 1.165) is 5.56 Å². The summed E-state index contributed by atoms with van der Waals surface area (Å²) < 4.78 is 6.20. The van der Waals surface area contributed by atoms with Crippen molar-refractivity contribution in [1.29, 1.82) is 0 Å². The summed E-state index contributed by atoms with van der Waals surface area (Å²) in [7, 11) is 0. The third-order valence-electron chi connectivity index (χ3n) is 4.29. The molecule has 0 unspecified atom stereocenters. The lowest BCUT2D eigenvalue weighted by atomic mass is 10.1. The van der Waals surface area contributed by atoms with Crippen molar-refractivity contribution in [2.45, 2.75) is 6.92 Å². The van der Waals surface area contributed by atoms with E-state index in [1.165, 1.54) is 18.3 Å². The highest BCUT2D eigenvalue weighted by atomic mass is 79.9. The molecule has 3 aromatic rings. The summed E-state index contributed by atoms with van der Waals surface area (Å²) >= 11 is 15.2. The van der Waals surface area contributed by atoms with Crippen molar-refractivity contribution in [2.24, 2.45) is 5.10 Å². The molecule has 2 amide bonds. The standard InChI is InChI=1S/C23H16BrCl2N3O4/c1-13-4-2-3-5-17(13)23(32)33-20-9-6-15(24)10-14(20)12-27-29-22(31)21(30)28-19-11-16(25)7-8-18(19)26/h2-12H,1H3,(H,28,30)(H,29,31). The number of rotatable bonds is 5. The third-order valence-corrected chi connectivity index (χ3v) is 5.35. The van der Waals surface area contributed by atoms with Gasteiger partial charge in [-0.3, -0.25) is 9.59 Å². The Kier molecular flexibility index (Phi) is 8.21. The first-order valence-corrected chi connectivity index (χ1v) is 11.0. The van der Waals surface area contributed by atoms with E-state index in [4.69, 9.17) is 27.9 Å². The molecule has 0 aliphatic rings. The van der Waals surface area contributed by atoms with Gasteiger partial charge in [-0.2, -0.15) is 5.10 Å². The van der Waals surface area contributed by atoms with Crippen molar-refractivity contribution in [3.63, 3.8) is 0 Å². The number of carbonyl (C=O) groups is 3. The number of carbonyl (C=O) groups excluding carboxylic acids is 3. The first-order valence-electron chi connectivity index (χ1n) is 9.41. The smallest absolute Gasteiger partial charge is 0.343 e. The molecule has 0 heterocycles. The molecule has 0 radical (unpaired) electrons. The molecule has 0 aliphatic carbocycles. The molecule has 0 aromatic heterocycles. The predicted molar refractivity (Wildman–Crippen MR) is 131 cm³/mol. The van der Waals surface area contributed by atoms with E-state index in [1.807, 2.05) is 6.07 Å². The number of benzene rings is 3. The molecule has 3 rings (SSSR count). The summed E-state index contributed by atoms with van der Waals surface area (Å²) in [5, 5.41) is 6.70. The lowest BCUT2D eigenvalue weighted by molar-refractivity contribution is -0.136. The van der Waals surface area contributed by atoms with Gasteiger partial charge >= 0.3 is 17.8 Å². The van der Waals surface area contributed by atoms with Crippen LogP contribution in [0.3, 0.4) is 0 Å². The molecular formula is C23H16BrCl2N3O4. The molecule has 3 aromatic carbocycles. The van der Waals surface area contributed by atoms with Crippen LogP contribution in [0.5, 0.6) is 5.75 Å². The van der Waals surface area contributed by atoms with Gasteiger partial charge in [0.25, 0.3) is 0 Å². The highest BCUT2D eigenvalue weighted by Gasteiger charge is 2.16. The third kappa shape index (κ3) is 6.64. The van der Waals surface area contributed by atoms with Crippen molar-refractivity contribution in [3.05, 3.63) is 91.9 Å². The molecule has 0 atom stereocenters. The van der Waals surface area contributed by atoms with Gasteiger partial charge in [0, 0.05) is 15.1 Å². The number of nitrogens with zero attached hydrogens (tertiary/aromatic N) is 1. The minimum Gasteiger partial charge on any atom is -0.422 e. The predicted octanol–water partition coefficient (Wildman–Crippen LogP) is 5.37. The Hall–Kier alpha value is -3.20. The zero-order valence-electron chi connectivity index (χ0n) is 17.1. The lowest BCUT2D eigenvalue weighted by Gasteiger charge is -2.09. The fourth-order valence-electron chi connectivity index (χ4n) is 2.65. The molecule has 0 fully saturated rings. The van der Waals surface area contributed by atoms with Crippen LogP contribution in [-0.2, 0) is 9.59 Å². The number of amides is 2. The van der Waals surface area contributed by atoms with Gasteiger partial charge in [0.1, 0.15) is 5.75 Å². The van der Waals surface area contributed by atoms with Gasteiger partial charge in [-0.15, -0.1) is 0 Å². The molecular weight excluding hydrogens is 533 g/mol. The minimum atomic E-state index is -1.03. The highest BCUT2D eigenvalue weighted by molar-refractivity contribution is 9.10. The number of aryl methyl sites for hydroxylation is 1. The van der Waals surface area contributed by atoms with Crippen molar-refractivity contribution >= 4 is 68.8 Å². The van der Waals surface area contributed by atoms with Gasteiger partial charge in [-0.1, -0.05) is 57.3 Å². The number of nitrogens with one attached hydrogen (secondary N) is 2. The zero-order valence-corrected chi connectivity index (χ0v) is 20.2. The van der Waals surface area contributed by atoms with E-state index in [0.29, 0.717) is 20.6 Å². The molecule has 168 valence electrons. The summed E-state index contributed by atoms with van der Waals surface area (Å²) in [6.45, 7) is 1.80. The SMILES string of the molecule is Cc1ccccc1C(=O)Oc1ccc(Br)cc1C=NNC(=O)C(=O)Nc1cc(Cl)ccc1Cl. The van der Waals surface area contributed by atoms with Gasteiger partial charge in [0.15, 0.2) is 0 Å². The molecule has 10 heteroatoms. The Balaban J connectivity index is 1.69. The highest BCUT2D eigenvalue weighted by Crippen LogP contribution is 2.25. The minimum absolute atomic E-state index is 0.186. The van der Waals surface area contributed by atoms with Gasteiger partial charge in [-0.05, 0) is 55.0 Å². The van der Waals surface area contributed by atoms with Gasteiger partial charge in [0.2, 0.25) is 0 Å². The Morgan fingerprint density at radius 1 is 1.00 bits per heavy atom. The van der Waals surface area contributed by atoms with Crippen LogP contribution in [-0.4, -0.2) is 24.0 Å². The van der Waals surface area contributed by atoms with E-state index in [9.17, 15) is 14.4 Å². The number of hydrogen-bond acceptors (Lipinski definition) is 5. The fourth-order valence-corrected chi connectivity index (χ4v) is 3.37. The largest absolute Gasteiger partial charge is 0.422 e. The number of hydrogen-bond donors (Lipinski definition) is 2. The molecule has 0 saturated carbocycles. The molecule has 7 nitrogen and oxygen atoms in total. The summed E-state index contributed by atoms with van der Waals surface area (Å²) in [6, 6.07) is 16.4. The second-order valence-corrected chi connectivity index (χ2v) is 8.42. The van der Waals surface area contributed by atoms with E-state index in [-0.39, 0.29) is 16.5 Å². The monoisotopic (exact) mass is 547 g/mol. The van der Waals surface area contributed by atoms with Crippen LogP contribution in [0.2, 0.25) is 10.0 Å². The van der Waals surface area contributed by atoms with Crippen LogP contribution < -0.4 is 15.5 Å².